The van der Waals surface area contributed by atoms with Crippen LogP contribution in [0.5, 0.6) is 0 Å². The topological polar surface area (TPSA) is 44.8 Å². The van der Waals surface area contributed by atoms with Gasteiger partial charge in [0, 0.05) is 6.42 Å². The molecule has 1 saturated heterocycles. The fourth-order valence-electron chi connectivity index (χ4n) is 0.780. The summed E-state index contributed by atoms with van der Waals surface area (Å²) < 4.78 is 14.3. The van der Waals surface area contributed by atoms with E-state index in [1.165, 1.54) is 7.11 Å². The van der Waals surface area contributed by atoms with Crippen LogP contribution in [0.3, 0.4) is 0 Å². The molecule has 58 valence electrons. The average molecular weight is 146 g/mol. The molecule has 4 nitrogen and oxygen atoms in total. The van der Waals surface area contributed by atoms with Crippen LogP contribution in [0.25, 0.3) is 0 Å². The van der Waals surface area contributed by atoms with E-state index in [0.717, 1.165) is 0 Å². The van der Waals surface area contributed by atoms with Crippen molar-refractivity contribution in [2.75, 3.05) is 20.5 Å². The molecule has 0 bridgehead atoms. The van der Waals surface area contributed by atoms with Crippen molar-refractivity contribution in [3.8, 4) is 0 Å². The van der Waals surface area contributed by atoms with Gasteiger partial charge in [0.05, 0.1) is 13.7 Å². The number of ether oxygens (including phenoxy) is 3. The molecule has 0 amide bonds. The SMILES string of the molecule is COC(=O)[C@@H]1CCOCO1. The van der Waals surface area contributed by atoms with Gasteiger partial charge in [0.15, 0.2) is 6.10 Å². The zero-order valence-electron chi connectivity index (χ0n) is 5.83. The van der Waals surface area contributed by atoms with Gasteiger partial charge in [0.2, 0.25) is 0 Å². The summed E-state index contributed by atoms with van der Waals surface area (Å²) in [7, 11) is 1.35. The molecule has 4 heteroatoms. The van der Waals surface area contributed by atoms with Crippen LogP contribution in [-0.4, -0.2) is 32.6 Å². The van der Waals surface area contributed by atoms with Crippen LogP contribution in [0.2, 0.25) is 0 Å². The van der Waals surface area contributed by atoms with Gasteiger partial charge in [-0.15, -0.1) is 0 Å². The number of carbonyl (C=O) groups excluding carboxylic acids is 1. The lowest BCUT2D eigenvalue weighted by Crippen LogP contribution is -2.32. The molecule has 0 aromatic rings. The van der Waals surface area contributed by atoms with Crippen LogP contribution in [0, 0.1) is 0 Å². The normalized spacial score (nSPS) is 25.9. The highest BCUT2D eigenvalue weighted by Gasteiger charge is 2.22. The molecule has 0 aliphatic carbocycles. The van der Waals surface area contributed by atoms with E-state index in [1.807, 2.05) is 0 Å². The third-order valence-electron chi connectivity index (χ3n) is 1.34. The quantitative estimate of drug-likeness (QED) is 0.485. The van der Waals surface area contributed by atoms with E-state index in [-0.39, 0.29) is 12.8 Å². The molecule has 0 saturated carbocycles. The van der Waals surface area contributed by atoms with Crippen molar-refractivity contribution in [3.05, 3.63) is 0 Å². The second-order valence-electron chi connectivity index (χ2n) is 1.99. The lowest BCUT2D eigenvalue weighted by molar-refractivity contribution is -0.180. The van der Waals surface area contributed by atoms with Crippen LogP contribution in [-0.2, 0) is 19.0 Å². The molecule has 1 aliphatic heterocycles. The predicted molar refractivity (Wildman–Crippen MR) is 32.3 cm³/mol. The minimum atomic E-state index is -0.418. The van der Waals surface area contributed by atoms with Gasteiger partial charge in [-0.3, -0.25) is 0 Å². The Kier molecular flexibility index (Phi) is 2.65. The first-order valence-electron chi connectivity index (χ1n) is 3.12. The molecule has 1 heterocycles. The Balaban J connectivity index is 2.31. The first-order valence-corrected chi connectivity index (χ1v) is 3.12. The Morgan fingerprint density at radius 1 is 1.70 bits per heavy atom. The number of carbonyl (C=O) groups is 1. The van der Waals surface area contributed by atoms with E-state index in [1.54, 1.807) is 0 Å². The Labute approximate surface area is 59.1 Å². The summed E-state index contributed by atoms with van der Waals surface area (Å²) >= 11 is 0. The number of rotatable bonds is 1. The smallest absolute Gasteiger partial charge is 0.335 e. The van der Waals surface area contributed by atoms with Gasteiger partial charge in [-0.25, -0.2) is 4.79 Å². The van der Waals surface area contributed by atoms with Gasteiger partial charge >= 0.3 is 5.97 Å². The minimum absolute atomic E-state index is 0.194. The van der Waals surface area contributed by atoms with Crippen LogP contribution in [0.15, 0.2) is 0 Å². The summed E-state index contributed by atoms with van der Waals surface area (Å²) in [4.78, 5) is 10.8. The molecular formula is C6H10O4. The maximum Gasteiger partial charge on any atom is 0.335 e. The van der Waals surface area contributed by atoms with E-state index < -0.39 is 6.10 Å². The molecule has 0 unspecified atom stereocenters. The van der Waals surface area contributed by atoms with Gasteiger partial charge in [-0.2, -0.15) is 0 Å². The zero-order valence-corrected chi connectivity index (χ0v) is 5.83. The second-order valence-corrected chi connectivity index (χ2v) is 1.99. The van der Waals surface area contributed by atoms with Crippen molar-refractivity contribution in [1.82, 2.24) is 0 Å². The Bertz CT molecular complexity index is 117. The summed E-state index contributed by atoms with van der Waals surface area (Å²) in [6.07, 6.45) is 0.172. The first-order chi connectivity index (χ1) is 4.84. The van der Waals surface area contributed by atoms with Crippen LogP contribution in [0.4, 0.5) is 0 Å². The average Bonchev–Trinajstić information content (AvgIpc) is 2.05. The monoisotopic (exact) mass is 146 g/mol. The Hall–Kier alpha value is -0.610. The lowest BCUT2D eigenvalue weighted by atomic mass is 10.2. The van der Waals surface area contributed by atoms with Gasteiger partial charge < -0.3 is 14.2 Å². The highest BCUT2D eigenvalue weighted by atomic mass is 16.7. The maximum absolute atomic E-state index is 10.8. The van der Waals surface area contributed by atoms with E-state index in [0.29, 0.717) is 13.0 Å². The maximum atomic E-state index is 10.8. The fourth-order valence-corrected chi connectivity index (χ4v) is 0.780. The van der Waals surface area contributed by atoms with Crippen LogP contribution in [0.1, 0.15) is 6.42 Å². The Morgan fingerprint density at radius 2 is 2.50 bits per heavy atom. The van der Waals surface area contributed by atoms with E-state index in [2.05, 4.69) is 4.74 Å². The number of esters is 1. The molecule has 0 aromatic carbocycles. The molecule has 1 fully saturated rings. The third kappa shape index (κ3) is 1.68. The zero-order chi connectivity index (χ0) is 7.40. The molecule has 0 N–H and O–H groups in total. The molecular weight excluding hydrogens is 136 g/mol. The summed E-state index contributed by atoms with van der Waals surface area (Å²) in [5.41, 5.74) is 0. The summed E-state index contributed by atoms with van der Waals surface area (Å²) in [6, 6.07) is 0. The molecule has 0 spiro atoms. The third-order valence-corrected chi connectivity index (χ3v) is 1.34. The highest BCUT2D eigenvalue weighted by Crippen LogP contribution is 2.06. The minimum Gasteiger partial charge on any atom is -0.467 e. The van der Waals surface area contributed by atoms with Crippen molar-refractivity contribution in [2.24, 2.45) is 0 Å². The van der Waals surface area contributed by atoms with Gasteiger partial charge in [0.25, 0.3) is 0 Å². The molecule has 0 aromatic heterocycles. The second kappa shape index (κ2) is 3.53. The number of hydrogen-bond donors (Lipinski definition) is 0. The number of methoxy groups -OCH3 is 1. The van der Waals surface area contributed by atoms with Gasteiger partial charge in [-0.1, -0.05) is 0 Å². The largest absolute Gasteiger partial charge is 0.467 e. The van der Waals surface area contributed by atoms with Crippen LogP contribution < -0.4 is 0 Å². The fraction of sp³-hybridized carbons (Fsp3) is 0.833. The molecule has 1 rings (SSSR count). The van der Waals surface area contributed by atoms with Crippen molar-refractivity contribution in [3.63, 3.8) is 0 Å². The first kappa shape index (κ1) is 7.50. The predicted octanol–water partition coefficient (Wildman–Crippen LogP) is -0.0776. The van der Waals surface area contributed by atoms with Gasteiger partial charge in [-0.05, 0) is 0 Å². The summed E-state index contributed by atoms with van der Waals surface area (Å²) in [6.45, 7) is 0.763. The summed E-state index contributed by atoms with van der Waals surface area (Å²) in [5.74, 6) is -0.316. The van der Waals surface area contributed by atoms with Gasteiger partial charge in [0.1, 0.15) is 6.79 Å². The van der Waals surface area contributed by atoms with Crippen molar-refractivity contribution in [1.29, 1.82) is 0 Å². The highest BCUT2D eigenvalue weighted by molar-refractivity contribution is 5.74. The molecule has 1 aliphatic rings. The van der Waals surface area contributed by atoms with E-state index in [4.69, 9.17) is 9.47 Å². The van der Waals surface area contributed by atoms with Crippen molar-refractivity contribution < 1.29 is 19.0 Å². The molecule has 10 heavy (non-hydrogen) atoms. The molecule has 0 radical (unpaired) electrons. The molecule has 1 atom stereocenters. The van der Waals surface area contributed by atoms with Crippen molar-refractivity contribution >= 4 is 5.97 Å². The van der Waals surface area contributed by atoms with E-state index >= 15 is 0 Å². The standard InChI is InChI=1S/C6H10O4/c1-8-6(7)5-2-3-9-4-10-5/h5H,2-4H2,1H3/t5-/m0/s1. The lowest BCUT2D eigenvalue weighted by Gasteiger charge is -2.19. The summed E-state index contributed by atoms with van der Waals surface area (Å²) in [5, 5.41) is 0. The van der Waals surface area contributed by atoms with Crippen molar-refractivity contribution in [2.45, 2.75) is 12.5 Å². The Morgan fingerprint density at radius 3 is 3.00 bits per heavy atom. The van der Waals surface area contributed by atoms with Crippen LogP contribution >= 0.6 is 0 Å². The number of hydrogen-bond acceptors (Lipinski definition) is 4. The van der Waals surface area contributed by atoms with E-state index in [9.17, 15) is 4.79 Å².